The first kappa shape index (κ1) is 17.9. The van der Waals surface area contributed by atoms with Crippen LogP contribution in [0.3, 0.4) is 0 Å². The monoisotopic (exact) mass is 291 g/mol. The molecule has 3 heteroatoms. The fourth-order valence-corrected chi connectivity index (χ4v) is 2.77. The molecule has 0 saturated carbocycles. The SMILES string of the molecule is CCCCCCCC(C)(CCCCC)Nc1ncccn1. The predicted octanol–water partition coefficient (Wildman–Crippen LogP) is 5.59. The van der Waals surface area contributed by atoms with Crippen molar-refractivity contribution in [1.29, 1.82) is 0 Å². The average Bonchev–Trinajstić information content (AvgIpc) is 2.48. The van der Waals surface area contributed by atoms with E-state index in [4.69, 9.17) is 0 Å². The summed E-state index contributed by atoms with van der Waals surface area (Å²) in [4.78, 5) is 8.65. The first-order valence-electron chi connectivity index (χ1n) is 8.75. The van der Waals surface area contributed by atoms with Gasteiger partial charge in [0.05, 0.1) is 0 Å². The lowest BCUT2D eigenvalue weighted by atomic mass is 9.88. The van der Waals surface area contributed by atoms with Gasteiger partial charge in [-0.2, -0.15) is 0 Å². The van der Waals surface area contributed by atoms with E-state index in [1.807, 2.05) is 18.5 Å². The Morgan fingerprint density at radius 1 is 0.857 bits per heavy atom. The summed E-state index contributed by atoms with van der Waals surface area (Å²) in [6, 6.07) is 1.87. The van der Waals surface area contributed by atoms with Crippen molar-refractivity contribution < 1.29 is 0 Å². The third kappa shape index (κ3) is 8.03. The van der Waals surface area contributed by atoms with Crippen molar-refractivity contribution in [3.8, 4) is 0 Å². The summed E-state index contributed by atoms with van der Waals surface area (Å²) < 4.78 is 0. The Morgan fingerprint density at radius 3 is 2.00 bits per heavy atom. The average molecular weight is 291 g/mol. The van der Waals surface area contributed by atoms with Crippen molar-refractivity contribution in [3.63, 3.8) is 0 Å². The number of nitrogens with zero attached hydrogens (tertiary/aromatic N) is 2. The van der Waals surface area contributed by atoms with E-state index in [2.05, 4.69) is 36.1 Å². The van der Waals surface area contributed by atoms with Gasteiger partial charge in [0.25, 0.3) is 0 Å². The molecule has 0 radical (unpaired) electrons. The maximum absolute atomic E-state index is 4.33. The van der Waals surface area contributed by atoms with Gasteiger partial charge < -0.3 is 5.32 Å². The third-order valence-corrected chi connectivity index (χ3v) is 4.14. The molecule has 0 spiro atoms. The molecule has 1 aromatic rings. The molecule has 0 aromatic carbocycles. The molecule has 21 heavy (non-hydrogen) atoms. The molecule has 0 saturated heterocycles. The van der Waals surface area contributed by atoms with Gasteiger partial charge >= 0.3 is 0 Å². The largest absolute Gasteiger partial charge is 0.349 e. The molecular formula is C18H33N3. The van der Waals surface area contributed by atoms with Crippen LogP contribution in [-0.2, 0) is 0 Å². The second-order valence-corrected chi connectivity index (χ2v) is 6.38. The first-order chi connectivity index (χ1) is 10.2. The van der Waals surface area contributed by atoms with Crippen molar-refractivity contribution >= 4 is 5.95 Å². The molecule has 0 bridgehead atoms. The molecular weight excluding hydrogens is 258 g/mol. The van der Waals surface area contributed by atoms with E-state index in [0.29, 0.717) is 0 Å². The zero-order valence-electron chi connectivity index (χ0n) is 14.2. The molecule has 1 heterocycles. The molecule has 0 aliphatic rings. The molecule has 0 aliphatic carbocycles. The minimum Gasteiger partial charge on any atom is -0.349 e. The van der Waals surface area contributed by atoms with Crippen LogP contribution in [0.15, 0.2) is 18.5 Å². The van der Waals surface area contributed by atoms with Gasteiger partial charge in [-0.05, 0) is 25.8 Å². The van der Waals surface area contributed by atoms with Crippen LogP contribution in [0.4, 0.5) is 5.95 Å². The summed E-state index contributed by atoms with van der Waals surface area (Å²) in [5, 5.41) is 3.58. The van der Waals surface area contributed by atoms with Crippen LogP contribution in [0.5, 0.6) is 0 Å². The molecule has 1 atom stereocenters. The normalized spacial score (nSPS) is 13.9. The molecule has 1 unspecified atom stereocenters. The van der Waals surface area contributed by atoms with E-state index in [1.54, 1.807) is 0 Å². The highest BCUT2D eigenvalue weighted by molar-refractivity contribution is 5.27. The lowest BCUT2D eigenvalue weighted by Gasteiger charge is -2.31. The van der Waals surface area contributed by atoms with Crippen LogP contribution in [0.1, 0.15) is 85.0 Å². The van der Waals surface area contributed by atoms with E-state index >= 15 is 0 Å². The summed E-state index contributed by atoms with van der Waals surface area (Å²) in [5.74, 6) is 0.769. The second-order valence-electron chi connectivity index (χ2n) is 6.38. The highest BCUT2D eigenvalue weighted by atomic mass is 15.1. The zero-order valence-corrected chi connectivity index (χ0v) is 14.2. The number of hydrogen-bond acceptors (Lipinski definition) is 3. The van der Waals surface area contributed by atoms with Gasteiger partial charge in [0.15, 0.2) is 0 Å². The maximum Gasteiger partial charge on any atom is 0.222 e. The van der Waals surface area contributed by atoms with Crippen molar-refractivity contribution in [3.05, 3.63) is 18.5 Å². The van der Waals surface area contributed by atoms with Crippen molar-refractivity contribution in [1.82, 2.24) is 9.97 Å². The molecule has 0 aliphatic heterocycles. The molecule has 120 valence electrons. The summed E-state index contributed by atoms with van der Waals surface area (Å²) in [5.41, 5.74) is 0.128. The maximum atomic E-state index is 4.33. The Hall–Kier alpha value is -1.12. The Morgan fingerprint density at radius 2 is 1.38 bits per heavy atom. The Bertz CT molecular complexity index is 353. The van der Waals surface area contributed by atoms with Gasteiger partial charge in [-0.25, -0.2) is 9.97 Å². The Balaban J connectivity index is 2.48. The van der Waals surface area contributed by atoms with Crippen molar-refractivity contribution in [2.24, 2.45) is 0 Å². The fourth-order valence-electron chi connectivity index (χ4n) is 2.77. The minimum absolute atomic E-state index is 0.128. The molecule has 3 nitrogen and oxygen atoms in total. The number of hydrogen-bond donors (Lipinski definition) is 1. The highest BCUT2D eigenvalue weighted by Gasteiger charge is 2.23. The standard InChI is InChI=1S/C18H33N3/c1-4-6-8-9-11-14-18(3,13-10-7-5-2)21-17-19-15-12-16-20-17/h12,15-16H,4-11,13-14H2,1-3H3,(H,19,20,21). The highest BCUT2D eigenvalue weighted by Crippen LogP contribution is 2.25. The summed E-state index contributed by atoms with van der Waals surface area (Å²) in [6.45, 7) is 6.86. The van der Waals surface area contributed by atoms with E-state index in [0.717, 1.165) is 5.95 Å². The van der Waals surface area contributed by atoms with Crippen LogP contribution in [-0.4, -0.2) is 15.5 Å². The van der Waals surface area contributed by atoms with Crippen LogP contribution in [0.2, 0.25) is 0 Å². The van der Waals surface area contributed by atoms with E-state index in [1.165, 1.54) is 64.2 Å². The molecule has 1 aromatic heterocycles. The zero-order chi connectivity index (χ0) is 15.4. The van der Waals surface area contributed by atoms with Gasteiger partial charge in [0, 0.05) is 17.9 Å². The predicted molar refractivity (Wildman–Crippen MR) is 91.6 cm³/mol. The number of aromatic nitrogens is 2. The lowest BCUT2D eigenvalue weighted by molar-refractivity contribution is 0.394. The second kappa shape index (κ2) is 10.6. The fraction of sp³-hybridized carbons (Fsp3) is 0.778. The molecule has 0 amide bonds. The number of nitrogens with one attached hydrogen (secondary N) is 1. The van der Waals surface area contributed by atoms with Crippen LogP contribution in [0, 0.1) is 0 Å². The van der Waals surface area contributed by atoms with Gasteiger partial charge in [0.1, 0.15) is 0 Å². The molecule has 1 rings (SSSR count). The Labute approximate surface area is 131 Å². The summed E-state index contributed by atoms with van der Waals surface area (Å²) >= 11 is 0. The quantitative estimate of drug-likeness (QED) is 0.510. The summed E-state index contributed by atoms with van der Waals surface area (Å²) in [6.07, 6.45) is 16.6. The first-order valence-corrected chi connectivity index (χ1v) is 8.75. The van der Waals surface area contributed by atoms with Crippen LogP contribution >= 0.6 is 0 Å². The number of unbranched alkanes of at least 4 members (excludes halogenated alkanes) is 6. The van der Waals surface area contributed by atoms with Gasteiger partial charge in [0.2, 0.25) is 5.95 Å². The smallest absolute Gasteiger partial charge is 0.222 e. The molecule has 1 N–H and O–H groups in total. The van der Waals surface area contributed by atoms with Gasteiger partial charge in [-0.15, -0.1) is 0 Å². The number of rotatable bonds is 12. The van der Waals surface area contributed by atoms with E-state index in [-0.39, 0.29) is 5.54 Å². The number of anilines is 1. The van der Waals surface area contributed by atoms with E-state index in [9.17, 15) is 0 Å². The van der Waals surface area contributed by atoms with Gasteiger partial charge in [-0.1, -0.05) is 65.2 Å². The van der Waals surface area contributed by atoms with Crippen molar-refractivity contribution in [2.75, 3.05) is 5.32 Å². The van der Waals surface area contributed by atoms with Crippen LogP contribution < -0.4 is 5.32 Å². The van der Waals surface area contributed by atoms with Crippen LogP contribution in [0.25, 0.3) is 0 Å². The third-order valence-electron chi connectivity index (χ3n) is 4.14. The van der Waals surface area contributed by atoms with Crippen molar-refractivity contribution in [2.45, 2.75) is 90.5 Å². The van der Waals surface area contributed by atoms with E-state index < -0.39 is 0 Å². The molecule has 0 fully saturated rings. The Kier molecular flexibility index (Phi) is 9.04. The summed E-state index contributed by atoms with van der Waals surface area (Å²) in [7, 11) is 0. The minimum atomic E-state index is 0.128. The topological polar surface area (TPSA) is 37.8 Å². The van der Waals surface area contributed by atoms with Gasteiger partial charge in [-0.3, -0.25) is 0 Å². The lowest BCUT2D eigenvalue weighted by Crippen LogP contribution is -2.35.